The van der Waals surface area contributed by atoms with Crippen LogP contribution in [0.1, 0.15) is 48.5 Å². The molecule has 0 aliphatic heterocycles. The summed E-state index contributed by atoms with van der Waals surface area (Å²) in [6.45, 7) is 3.65. The fourth-order valence-electron chi connectivity index (χ4n) is 3.34. The Hall–Kier alpha value is -2.53. The molecule has 0 unspecified atom stereocenters. The average Bonchev–Trinajstić information content (AvgIpc) is 3.20. The zero-order valence-electron chi connectivity index (χ0n) is 16.1. The number of carbonyl (C=O) groups excluding carboxylic acids is 1. The van der Waals surface area contributed by atoms with Gasteiger partial charge in [-0.1, -0.05) is 25.1 Å². The van der Waals surface area contributed by atoms with Crippen molar-refractivity contribution in [2.24, 2.45) is 0 Å². The molecule has 27 heavy (non-hydrogen) atoms. The number of methoxy groups -OCH3 is 1. The number of nitrogens with one attached hydrogen (secondary N) is 2. The Bertz CT molecular complexity index is 770. The molecular formula is C22H28N2O3. The summed E-state index contributed by atoms with van der Waals surface area (Å²) in [5.74, 6) is 1.13. The highest BCUT2D eigenvalue weighted by molar-refractivity contribution is 6.05. The van der Waals surface area contributed by atoms with Gasteiger partial charge in [0, 0.05) is 17.8 Å². The van der Waals surface area contributed by atoms with Crippen LogP contribution in [0.5, 0.6) is 11.5 Å². The molecule has 1 saturated carbocycles. The van der Waals surface area contributed by atoms with Gasteiger partial charge in [0.2, 0.25) is 0 Å². The predicted octanol–water partition coefficient (Wildman–Crippen LogP) is 4.38. The first-order valence-corrected chi connectivity index (χ1v) is 9.66. The molecule has 0 spiro atoms. The van der Waals surface area contributed by atoms with Gasteiger partial charge in [-0.25, -0.2) is 0 Å². The third-order valence-corrected chi connectivity index (χ3v) is 4.85. The SMILES string of the molecule is CCNCc1ccccc1NC(=O)c1ccc(OC2CCCC2)c(OC)c1. The Morgan fingerprint density at radius 1 is 1.11 bits per heavy atom. The molecule has 0 atom stereocenters. The fourth-order valence-corrected chi connectivity index (χ4v) is 3.34. The summed E-state index contributed by atoms with van der Waals surface area (Å²) >= 11 is 0. The Labute approximate surface area is 161 Å². The summed E-state index contributed by atoms with van der Waals surface area (Å²) in [5.41, 5.74) is 2.42. The van der Waals surface area contributed by atoms with Gasteiger partial charge in [0.25, 0.3) is 5.91 Å². The summed E-state index contributed by atoms with van der Waals surface area (Å²) in [6.07, 6.45) is 4.82. The molecule has 144 valence electrons. The van der Waals surface area contributed by atoms with Crippen molar-refractivity contribution in [3.63, 3.8) is 0 Å². The van der Waals surface area contributed by atoms with Gasteiger partial charge >= 0.3 is 0 Å². The van der Waals surface area contributed by atoms with Gasteiger partial charge in [-0.05, 0) is 62.1 Å². The van der Waals surface area contributed by atoms with Crippen LogP contribution in [0.4, 0.5) is 5.69 Å². The van der Waals surface area contributed by atoms with Crippen molar-refractivity contribution in [1.29, 1.82) is 0 Å². The van der Waals surface area contributed by atoms with E-state index in [1.54, 1.807) is 19.2 Å². The Morgan fingerprint density at radius 2 is 1.89 bits per heavy atom. The maximum Gasteiger partial charge on any atom is 0.255 e. The van der Waals surface area contributed by atoms with Crippen LogP contribution in [0.25, 0.3) is 0 Å². The molecule has 1 fully saturated rings. The number of anilines is 1. The van der Waals surface area contributed by atoms with Gasteiger partial charge in [0.15, 0.2) is 11.5 Å². The zero-order chi connectivity index (χ0) is 19.1. The second-order valence-corrected chi connectivity index (χ2v) is 6.78. The van der Waals surface area contributed by atoms with Crippen LogP contribution in [0, 0.1) is 0 Å². The minimum absolute atomic E-state index is 0.162. The Morgan fingerprint density at radius 3 is 2.63 bits per heavy atom. The molecule has 2 N–H and O–H groups in total. The molecule has 0 heterocycles. The molecule has 0 saturated heterocycles. The number of ether oxygens (including phenoxy) is 2. The second kappa shape index (κ2) is 9.42. The highest BCUT2D eigenvalue weighted by Gasteiger charge is 2.19. The average molecular weight is 368 g/mol. The summed E-state index contributed by atoms with van der Waals surface area (Å²) < 4.78 is 11.5. The van der Waals surface area contributed by atoms with Crippen molar-refractivity contribution in [3.05, 3.63) is 53.6 Å². The van der Waals surface area contributed by atoms with Gasteiger partial charge in [0.1, 0.15) is 0 Å². The monoisotopic (exact) mass is 368 g/mol. The lowest BCUT2D eigenvalue weighted by molar-refractivity contribution is 0.102. The van der Waals surface area contributed by atoms with E-state index in [0.29, 0.717) is 23.6 Å². The van der Waals surface area contributed by atoms with Gasteiger partial charge in [0.05, 0.1) is 13.2 Å². The summed E-state index contributed by atoms with van der Waals surface area (Å²) in [7, 11) is 1.60. The van der Waals surface area contributed by atoms with E-state index in [0.717, 1.165) is 30.6 Å². The van der Waals surface area contributed by atoms with Gasteiger partial charge in [-0.15, -0.1) is 0 Å². The van der Waals surface area contributed by atoms with Gasteiger partial charge in [-0.2, -0.15) is 0 Å². The molecule has 3 rings (SSSR count). The largest absolute Gasteiger partial charge is 0.493 e. The molecule has 1 amide bonds. The molecule has 0 aromatic heterocycles. The summed E-state index contributed by atoms with van der Waals surface area (Å²) in [5, 5.41) is 6.29. The number of carbonyl (C=O) groups is 1. The number of benzene rings is 2. The van der Waals surface area contributed by atoms with E-state index in [1.165, 1.54) is 12.8 Å². The molecule has 0 radical (unpaired) electrons. The Kier molecular flexibility index (Phi) is 6.71. The van der Waals surface area contributed by atoms with Gasteiger partial charge < -0.3 is 20.1 Å². The topological polar surface area (TPSA) is 59.6 Å². The third-order valence-electron chi connectivity index (χ3n) is 4.85. The molecule has 2 aromatic carbocycles. The number of para-hydroxylation sites is 1. The minimum Gasteiger partial charge on any atom is -0.493 e. The van der Waals surface area contributed by atoms with Crippen molar-refractivity contribution < 1.29 is 14.3 Å². The van der Waals surface area contributed by atoms with Crippen molar-refractivity contribution in [3.8, 4) is 11.5 Å². The van der Waals surface area contributed by atoms with Crippen LogP contribution < -0.4 is 20.1 Å². The van der Waals surface area contributed by atoms with Crippen LogP contribution in [0.2, 0.25) is 0 Å². The summed E-state index contributed by atoms with van der Waals surface area (Å²) in [4.78, 5) is 12.7. The number of hydrogen-bond donors (Lipinski definition) is 2. The van der Waals surface area contributed by atoms with Crippen LogP contribution >= 0.6 is 0 Å². The summed E-state index contributed by atoms with van der Waals surface area (Å²) in [6, 6.07) is 13.2. The van der Waals surface area contributed by atoms with Gasteiger partial charge in [-0.3, -0.25) is 4.79 Å². The maximum absolute atomic E-state index is 12.7. The molecule has 1 aliphatic carbocycles. The van der Waals surface area contributed by atoms with Crippen molar-refractivity contribution in [2.75, 3.05) is 19.0 Å². The number of rotatable bonds is 8. The lowest BCUT2D eigenvalue weighted by Gasteiger charge is -2.17. The van der Waals surface area contributed by atoms with E-state index < -0.39 is 0 Å². The van der Waals surface area contributed by atoms with Crippen LogP contribution in [0.3, 0.4) is 0 Å². The van der Waals surface area contributed by atoms with E-state index in [2.05, 4.69) is 17.6 Å². The van der Waals surface area contributed by atoms with Crippen LogP contribution in [-0.2, 0) is 6.54 Å². The molecule has 0 bridgehead atoms. The van der Waals surface area contributed by atoms with Crippen molar-refractivity contribution in [1.82, 2.24) is 5.32 Å². The smallest absolute Gasteiger partial charge is 0.255 e. The quantitative estimate of drug-likeness (QED) is 0.726. The highest BCUT2D eigenvalue weighted by Crippen LogP contribution is 2.32. The molecule has 5 heteroatoms. The van der Waals surface area contributed by atoms with E-state index in [-0.39, 0.29) is 12.0 Å². The van der Waals surface area contributed by atoms with Crippen molar-refractivity contribution >= 4 is 11.6 Å². The van der Waals surface area contributed by atoms with E-state index in [9.17, 15) is 4.79 Å². The minimum atomic E-state index is -0.162. The first kappa shape index (κ1) is 19.2. The maximum atomic E-state index is 12.7. The van der Waals surface area contributed by atoms with E-state index >= 15 is 0 Å². The standard InChI is InChI=1S/C22H28N2O3/c1-3-23-15-17-8-4-7-11-19(17)24-22(25)16-12-13-20(21(14-16)26-2)27-18-9-5-6-10-18/h4,7-8,11-14,18,23H,3,5-6,9-10,15H2,1-2H3,(H,24,25). The Balaban J connectivity index is 1.73. The van der Waals surface area contributed by atoms with E-state index in [4.69, 9.17) is 9.47 Å². The first-order valence-electron chi connectivity index (χ1n) is 9.66. The zero-order valence-corrected chi connectivity index (χ0v) is 16.1. The molecule has 5 nitrogen and oxygen atoms in total. The fraction of sp³-hybridized carbons (Fsp3) is 0.409. The molecule has 2 aromatic rings. The predicted molar refractivity (Wildman–Crippen MR) is 108 cm³/mol. The molecule has 1 aliphatic rings. The van der Waals surface area contributed by atoms with E-state index in [1.807, 2.05) is 30.3 Å². The van der Waals surface area contributed by atoms with Crippen LogP contribution in [-0.4, -0.2) is 25.7 Å². The molecular weight excluding hydrogens is 340 g/mol. The second-order valence-electron chi connectivity index (χ2n) is 6.78. The third kappa shape index (κ3) is 5.01. The number of hydrogen-bond acceptors (Lipinski definition) is 4. The van der Waals surface area contributed by atoms with Crippen LogP contribution in [0.15, 0.2) is 42.5 Å². The lowest BCUT2D eigenvalue weighted by Crippen LogP contribution is -2.17. The number of amides is 1. The lowest BCUT2D eigenvalue weighted by atomic mass is 10.1. The first-order chi connectivity index (χ1) is 13.2. The highest BCUT2D eigenvalue weighted by atomic mass is 16.5. The van der Waals surface area contributed by atoms with Crippen molar-refractivity contribution in [2.45, 2.75) is 45.3 Å². The normalized spacial score (nSPS) is 14.1.